The second-order valence-electron chi connectivity index (χ2n) is 7.67. The summed E-state index contributed by atoms with van der Waals surface area (Å²) >= 11 is 5.80. The van der Waals surface area contributed by atoms with E-state index in [0.29, 0.717) is 11.7 Å². The standard InChI is InChI=1S/C25H23N5S/c1-18-9-2-3-12-21(18)29-16-8-13-22(29)24-23(20-11-5-7-15-27-20)28-25(31)30(24)17-19-10-4-6-14-26-19/h2-16,23-24H,17H2,1H3,(H,28,31)/t23-,24-/m0/s1. The van der Waals surface area contributed by atoms with Crippen LogP contribution in [0.3, 0.4) is 0 Å². The zero-order chi connectivity index (χ0) is 21.2. The Morgan fingerprint density at radius 2 is 1.68 bits per heavy atom. The molecule has 5 nitrogen and oxygen atoms in total. The number of pyridine rings is 2. The van der Waals surface area contributed by atoms with E-state index in [4.69, 9.17) is 12.2 Å². The highest BCUT2D eigenvalue weighted by Crippen LogP contribution is 2.40. The molecule has 4 heterocycles. The third-order valence-electron chi connectivity index (χ3n) is 5.71. The van der Waals surface area contributed by atoms with Gasteiger partial charge in [0.2, 0.25) is 0 Å². The number of aromatic nitrogens is 3. The molecule has 2 atom stereocenters. The molecular formula is C25H23N5S. The fourth-order valence-corrected chi connectivity index (χ4v) is 4.56. The summed E-state index contributed by atoms with van der Waals surface area (Å²) in [6, 6.07) is 24.6. The molecule has 1 N–H and O–H groups in total. The second kappa shape index (κ2) is 8.32. The lowest BCUT2D eigenvalue weighted by Gasteiger charge is -2.29. The minimum atomic E-state index is -0.0601. The fourth-order valence-electron chi connectivity index (χ4n) is 4.25. The second-order valence-corrected chi connectivity index (χ2v) is 8.05. The van der Waals surface area contributed by atoms with Crippen LogP contribution in [0.4, 0.5) is 0 Å². The van der Waals surface area contributed by atoms with Gasteiger partial charge in [0.15, 0.2) is 5.11 Å². The Hall–Kier alpha value is -3.51. The number of thiocarbonyl (C=S) groups is 1. The molecule has 154 valence electrons. The molecule has 0 amide bonds. The number of hydrogen-bond acceptors (Lipinski definition) is 3. The third-order valence-corrected chi connectivity index (χ3v) is 6.07. The van der Waals surface area contributed by atoms with Crippen molar-refractivity contribution in [1.29, 1.82) is 0 Å². The molecule has 0 saturated carbocycles. The molecule has 0 unspecified atom stereocenters. The van der Waals surface area contributed by atoms with Crippen molar-refractivity contribution >= 4 is 17.3 Å². The lowest BCUT2D eigenvalue weighted by molar-refractivity contribution is 0.299. The first-order chi connectivity index (χ1) is 15.2. The largest absolute Gasteiger partial charge is 0.352 e. The first-order valence-electron chi connectivity index (χ1n) is 10.3. The zero-order valence-electron chi connectivity index (χ0n) is 17.2. The van der Waals surface area contributed by atoms with Crippen LogP contribution in [0.15, 0.2) is 91.4 Å². The van der Waals surface area contributed by atoms with Crippen LogP contribution in [0.2, 0.25) is 0 Å². The lowest BCUT2D eigenvalue weighted by Crippen LogP contribution is -2.30. The van der Waals surface area contributed by atoms with E-state index >= 15 is 0 Å². The third kappa shape index (κ3) is 3.70. The summed E-state index contributed by atoms with van der Waals surface area (Å²) in [5, 5.41) is 4.24. The van der Waals surface area contributed by atoms with Gasteiger partial charge in [0.25, 0.3) is 0 Å². The van der Waals surface area contributed by atoms with Gasteiger partial charge in [-0.05, 0) is 67.2 Å². The van der Waals surface area contributed by atoms with Gasteiger partial charge in [0.05, 0.1) is 30.0 Å². The van der Waals surface area contributed by atoms with Crippen LogP contribution in [-0.2, 0) is 6.54 Å². The Morgan fingerprint density at radius 3 is 2.42 bits per heavy atom. The van der Waals surface area contributed by atoms with Crippen LogP contribution in [0.25, 0.3) is 5.69 Å². The van der Waals surface area contributed by atoms with Gasteiger partial charge >= 0.3 is 0 Å². The summed E-state index contributed by atoms with van der Waals surface area (Å²) in [5.74, 6) is 0. The maximum Gasteiger partial charge on any atom is 0.170 e. The summed E-state index contributed by atoms with van der Waals surface area (Å²) in [5.41, 5.74) is 5.49. The minimum Gasteiger partial charge on any atom is -0.352 e. The van der Waals surface area contributed by atoms with Crippen molar-refractivity contribution in [2.24, 2.45) is 0 Å². The maximum absolute atomic E-state index is 5.80. The summed E-state index contributed by atoms with van der Waals surface area (Å²) in [6.45, 7) is 2.76. The van der Waals surface area contributed by atoms with Crippen molar-refractivity contribution in [1.82, 2.24) is 24.8 Å². The number of nitrogens with zero attached hydrogens (tertiary/aromatic N) is 4. The van der Waals surface area contributed by atoms with Gasteiger partial charge in [0.1, 0.15) is 0 Å². The monoisotopic (exact) mass is 425 g/mol. The van der Waals surface area contributed by atoms with Crippen molar-refractivity contribution in [2.45, 2.75) is 25.6 Å². The first-order valence-corrected chi connectivity index (χ1v) is 10.7. The number of aryl methyl sites for hydroxylation is 1. The van der Waals surface area contributed by atoms with Gasteiger partial charge in [-0.15, -0.1) is 0 Å². The van der Waals surface area contributed by atoms with Gasteiger partial charge in [-0.3, -0.25) is 9.97 Å². The number of rotatable bonds is 5. The van der Waals surface area contributed by atoms with Crippen LogP contribution in [-0.4, -0.2) is 24.5 Å². The molecule has 1 fully saturated rings. The molecule has 0 bridgehead atoms. The van der Waals surface area contributed by atoms with Gasteiger partial charge in [-0.2, -0.15) is 0 Å². The van der Waals surface area contributed by atoms with Crippen LogP contribution < -0.4 is 5.32 Å². The Morgan fingerprint density at radius 1 is 0.903 bits per heavy atom. The van der Waals surface area contributed by atoms with Gasteiger partial charge in [-0.25, -0.2) is 0 Å². The van der Waals surface area contributed by atoms with E-state index in [-0.39, 0.29) is 12.1 Å². The van der Waals surface area contributed by atoms with Crippen LogP contribution in [0.1, 0.15) is 34.7 Å². The number of benzene rings is 1. The summed E-state index contributed by atoms with van der Waals surface area (Å²) in [6.07, 6.45) is 5.77. The van der Waals surface area contributed by atoms with Gasteiger partial charge in [-0.1, -0.05) is 30.3 Å². The minimum absolute atomic E-state index is 0.0287. The molecular weight excluding hydrogens is 402 g/mol. The highest BCUT2D eigenvalue weighted by Gasteiger charge is 2.41. The quantitative estimate of drug-likeness (QED) is 0.468. The van der Waals surface area contributed by atoms with E-state index in [1.165, 1.54) is 5.56 Å². The van der Waals surface area contributed by atoms with E-state index in [1.807, 2.05) is 42.7 Å². The van der Waals surface area contributed by atoms with Gasteiger partial charge in [0, 0.05) is 30.0 Å². The van der Waals surface area contributed by atoms with Gasteiger partial charge < -0.3 is 14.8 Å². The average molecular weight is 426 g/mol. The fraction of sp³-hybridized carbons (Fsp3) is 0.160. The molecule has 3 aromatic heterocycles. The molecule has 1 aliphatic rings. The highest BCUT2D eigenvalue weighted by atomic mass is 32.1. The zero-order valence-corrected chi connectivity index (χ0v) is 18.0. The number of hydrogen-bond donors (Lipinski definition) is 1. The average Bonchev–Trinajstić information content (AvgIpc) is 3.40. The van der Waals surface area contributed by atoms with Crippen LogP contribution in [0.5, 0.6) is 0 Å². The normalized spacial score (nSPS) is 18.2. The first kappa shape index (κ1) is 19.5. The Kier molecular flexibility index (Phi) is 5.22. The molecule has 31 heavy (non-hydrogen) atoms. The maximum atomic E-state index is 5.80. The molecule has 0 radical (unpaired) electrons. The summed E-state index contributed by atoms with van der Waals surface area (Å²) in [7, 11) is 0. The Balaban J connectivity index is 1.62. The van der Waals surface area contributed by atoms with E-state index in [9.17, 15) is 0 Å². The highest BCUT2D eigenvalue weighted by molar-refractivity contribution is 7.80. The molecule has 6 heteroatoms. The van der Waals surface area contributed by atoms with Crippen molar-refractivity contribution in [3.05, 3.63) is 114 Å². The van der Waals surface area contributed by atoms with E-state index in [0.717, 1.165) is 22.8 Å². The summed E-state index contributed by atoms with van der Waals surface area (Å²) in [4.78, 5) is 11.4. The smallest absolute Gasteiger partial charge is 0.170 e. The molecule has 0 aliphatic carbocycles. The molecule has 1 aromatic carbocycles. The lowest BCUT2D eigenvalue weighted by atomic mass is 10.0. The van der Waals surface area contributed by atoms with E-state index < -0.39 is 0 Å². The Labute approximate surface area is 187 Å². The predicted octanol–water partition coefficient (Wildman–Crippen LogP) is 4.75. The van der Waals surface area contributed by atoms with Crippen LogP contribution in [0, 0.1) is 6.92 Å². The van der Waals surface area contributed by atoms with Crippen molar-refractivity contribution in [3.8, 4) is 5.69 Å². The van der Waals surface area contributed by atoms with Crippen molar-refractivity contribution in [2.75, 3.05) is 0 Å². The topological polar surface area (TPSA) is 46.0 Å². The molecule has 1 saturated heterocycles. The van der Waals surface area contributed by atoms with Crippen molar-refractivity contribution in [3.63, 3.8) is 0 Å². The molecule has 1 aliphatic heterocycles. The number of nitrogens with one attached hydrogen (secondary N) is 1. The Bertz CT molecular complexity index is 1190. The van der Waals surface area contributed by atoms with E-state index in [1.54, 1.807) is 0 Å². The molecule has 5 rings (SSSR count). The van der Waals surface area contributed by atoms with E-state index in [2.05, 4.69) is 80.3 Å². The number of para-hydroxylation sites is 1. The molecule has 4 aromatic rings. The predicted molar refractivity (Wildman–Crippen MR) is 126 cm³/mol. The van der Waals surface area contributed by atoms with Crippen molar-refractivity contribution < 1.29 is 0 Å². The van der Waals surface area contributed by atoms with Crippen LogP contribution >= 0.6 is 12.2 Å². The SMILES string of the molecule is Cc1ccccc1-n1cccc1[C@H]1[C@H](c2ccccn2)NC(=S)N1Cc1ccccn1. The molecule has 0 spiro atoms. The summed E-state index contributed by atoms with van der Waals surface area (Å²) < 4.78 is 2.26.